The summed E-state index contributed by atoms with van der Waals surface area (Å²) in [5.41, 5.74) is 1.78. The number of carbonyl (C=O) groups is 2. The molecule has 1 N–H and O–H groups in total. The van der Waals surface area contributed by atoms with E-state index >= 15 is 0 Å². The Bertz CT molecular complexity index is 785. The van der Waals surface area contributed by atoms with Gasteiger partial charge in [0.25, 0.3) is 11.1 Å². The van der Waals surface area contributed by atoms with Crippen LogP contribution >= 0.6 is 11.8 Å². The van der Waals surface area contributed by atoms with Gasteiger partial charge < -0.3 is 0 Å². The van der Waals surface area contributed by atoms with Crippen LogP contribution in [0.2, 0.25) is 0 Å². The van der Waals surface area contributed by atoms with Crippen LogP contribution < -0.4 is 5.32 Å². The molecule has 19 heavy (non-hydrogen) atoms. The largest absolute Gasteiger partial charge is 0.291 e. The smallest absolute Gasteiger partial charge is 0.290 e. The van der Waals surface area contributed by atoms with Crippen molar-refractivity contribution in [2.75, 3.05) is 0 Å². The lowest BCUT2D eigenvalue weighted by Crippen LogP contribution is -2.17. The lowest BCUT2D eigenvalue weighted by atomic mass is 10.2. The first-order valence-corrected chi connectivity index (χ1v) is 6.11. The van der Waals surface area contributed by atoms with Gasteiger partial charge in [0.05, 0.1) is 11.1 Å². The lowest BCUT2D eigenvalue weighted by molar-refractivity contribution is -0.115. The van der Waals surface area contributed by atoms with E-state index in [2.05, 4.69) is 10.3 Å². The summed E-state index contributed by atoms with van der Waals surface area (Å²) < 4.78 is 1.63. The minimum atomic E-state index is -0.402. The Labute approximate surface area is 111 Å². The Morgan fingerprint density at radius 1 is 1.42 bits per heavy atom. The molecule has 0 spiro atoms. The second-order valence-electron chi connectivity index (χ2n) is 3.80. The average molecular weight is 270 g/mol. The highest BCUT2D eigenvalue weighted by atomic mass is 32.2. The molecule has 3 rings (SSSR count). The topological polar surface area (TPSA) is 87.3 Å². The van der Waals surface area contributed by atoms with E-state index in [1.165, 1.54) is 6.20 Å². The van der Waals surface area contributed by atoms with Crippen LogP contribution in [0, 0.1) is 11.3 Å². The van der Waals surface area contributed by atoms with Crippen molar-refractivity contribution in [3.8, 4) is 6.07 Å². The number of hydrogen-bond acceptors (Lipinski definition) is 5. The fraction of sp³-hybridized carbons (Fsp3) is 0. The van der Waals surface area contributed by atoms with Gasteiger partial charge in [-0.15, -0.1) is 0 Å². The Morgan fingerprint density at radius 2 is 2.26 bits per heavy atom. The van der Waals surface area contributed by atoms with E-state index in [4.69, 9.17) is 5.26 Å². The molecular formula is C12H6N4O2S. The standard InChI is InChI=1S/C12H6N4O2S/c13-4-8-5-14-10-2-1-7(6-16(8)10)3-9-11(17)15-12(18)19-9/h1-3,5-6H,(H,15,17,18)/b9-3-. The maximum absolute atomic E-state index is 11.4. The summed E-state index contributed by atoms with van der Waals surface area (Å²) in [7, 11) is 0. The number of hydrogen-bond donors (Lipinski definition) is 1. The molecule has 7 heteroatoms. The SMILES string of the molecule is N#Cc1cnc2ccc(/C=C3\SC(=O)NC3=O)cn12. The van der Waals surface area contributed by atoms with Crippen molar-refractivity contribution in [1.29, 1.82) is 5.26 Å². The number of thioether (sulfide) groups is 1. The molecular weight excluding hydrogens is 264 g/mol. The second-order valence-corrected chi connectivity index (χ2v) is 4.81. The van der Waals surface area contributed by atoms with E-state index in [1.807, 2.05) is 6.07 Å². The normalized spacial score (nSPS) is 16.9. The molecule has 0 radical (unpaired) electrons. The maximum Gasteiger partial charge on any atom is 0.290 e. The first-order chi connectivity index (χ1) is 9.17. The van der Waals surface area contributed by atoms with Crippen LogP contribution in [-0.2, 0) is 4.79 Å². The molecule has 1 saturated heterocycles. The van der Waals surface area contributed by atoms with Crippen LogP contribution in [0.25, 0.3) is 11.7 Å². The molecule has 92 valence electrons. The highest BCUT2D eigenvalue weighted by Crippen LogP contribution is 2.25. The Morgan fingerprint density at radius 3 is 2.95 bits per heavy atom. The number of imidazole rings is 1. The number of pyridine rings is 1. The molecule has 0 unspecified atom stereocenters. The molecule has 0 aliphatic carbocycles. The predicted molar refractivity (Wildman–Crippen MR) is 69.0 cm³/mol. The molecule has 0 bridgehead atoms. The van der Waals surface area contributed by atoms with Crippen LogP contribution in [0.4, 0.5) is 4.79 Å². The van der Waals surface area contributed by atoms with Gasteiger partial charge in [-0.3, -0.25) is 19.3 Å². The number of carbonyl (C=O) groups excluding carboxylic acids is 2. The summed E-state index contributed by atoms with van der Waals surface area (Å²) in [6.45, 7) is 0. The number of aromatic nitrogens is 2. The van der Waals surface area contributed by atoms with Gasteiger partial charge in [0.15, 0.2) is 0 Å². The summed E-state index contributed by atoms with van der Waals surface area (Å²) in [4.78, 5) is 26.9. The summed E-state index contributed by atoms with van der Waals surface area (Å²) >= 11 is 0.858. The van der Waals surface area contributed by atoms with Crippen LogP contribution in [0.1, 0.15) is 11.3 Å². The van der Waals surface area contributed by atoms with Crippen molar-refractivity contribution in [3.63, 3.8) is 0 Å². The number of rotatable bonds is 1. The van der Waals surface area contributed by atoms with Crippen LogP contribution in [0.5, 0.6) is 0 Å². The minimum absolute atomic E-state index is 0.336. The minimum Gasteiger partial charge on any atom is -0.291 e. The highest BCUT2D eigenvalue weighted by molar-refractivity contribution is 8.18. The zero-order valence-corrected chi connectivity index (χ0v) is 10.3. The maximum atomic E-state index is 11.4. The molecule has 1 fully saturated rings. The van der Waals surface area contributed by atoms with Crippen LogP contribution in [0.3, 0.4) is 0 Å². The van der Waals surface area contributed by atoms with Gasteiger partial charge in [-0.05, 0) is 35.5 Å². The fourth-order valence-corrected chi connectivity index (χ4v) is 2.42. The number of nitrogens with one attached hydrogen (secondary N) is 1. The van der Waals surface area contributed by atoms with Gasteiger partial charge in [0.1, 0.15) is 17.4 Å². The van der Waals surface area contributed by atoms with E-state index < -0.39 is 5.91 Å². The first-order valence-electron chi connectivity index (χ1n) is 5.29. The predicted octanol–water partition coefficient (Wildman–Crippen LogP) is 1.53. The van der Waals surface area contributed by atoms with E-state index in [-0.39, 0.29) is 5.24 Å². The van der Waals surface area contributed by atoms with Crippen molar-refractivity contribution < 1.29 is 9.59 Å². The van der Waals surface area contributed by atoms with E-state index in [0.717, 1.165) is 11.8 Å². The number of nitrogens with zero attached hydrogens (tertiary/aromatic N) is 3. The van der Waals surface area contributed by atoms with E-state index in [0.29, 0.717) is 21.8 Å². The van der Waals surface area contributed by atoms with Gasteiger partial charge in [-0.25, -0.2) is 4.98 Å². The van der Waals surface area contributed by atoms with Gasteiger partial charge in [-0.2, -0.15) is 5.26 Å². The van der Waals surface area contributed by atoms with Gasteiger partial charge in [0.2, 0.25) is 0 Å². The Kier molecular flexibility index (Phi) is 2.58. The summed E-state index contributed by atoms with van der Waals surface area (Å²) in [5.74, 6) is -0.402. The van der Waals surface area contributed by atoms with Crippen molar-refractivity contribution in [2.24, 2.45) is 0 Å². The molecule has 0 atom stereocenters. The number of amides is 2. The molecule has 2 aromatic rings. The third-order valence-corrected chi connectivity index (χ3v) is 3.39. The molecule has 0 saturated carbocycles. The Balaban J connectivity index is 2.07. The molecule has 1 aliphatic rings. The van der Waals surface area contributed by atoms with Crippen molar-refractivity contribution >= 4 is 34.6 Å². The third kappa shape index (κ3) is 1.98. The number of nitriles is 1. The second kappa shape index (κ2) is 4.26. The van der Waals surface area contributed by atoms with Gasteiger partial charge >= 0.3 is 0 Å². The summed E-state index contributed by atoms with van der Waals surface area (Å²) in [6.07, 6.45) is 4.78. The van der Waals surface area contributed by atoms with Gasteiger partial charge in [0, 0.05) is 6.20 Å². The molecule has 3 heterocycles. The summed E-state index contributed by atoms with van der Waals surface area (Å²) in [5, 5.41) is 10.7. The van der Waals surface area contributed by atoms with E-state index in [9.17, 15) is 9.59 Å². The molecule has 6 nitrogen and oxygen atoms in total. The van der Waals surface area contributed by atoms with E-state index in [1.54, 1.807) is 28.8 Å². The Hall–Kier alpha value is -2.59. The van der Waals surface area contributed by atoms with Crippen molar-refractivity contribution in [1.82, 2.24) is 14.7 Å². The van der Waals surface area contributed by atoms with Crippen LogP contribution in [0.15, 0.2) is 29.4 Å². The zero-order valence-electron chi connectivity index (χ0n) is 9.45. The number of imide groups is 1. The van der Waals surface area contributed by atoms with Crippen molar-refractivity contribution in [3.05, 3.63) is 40.7 Å². The molecule has 1 aliphatic heterocycles. The zero-order chi connectivity index (χ0) is 13.4. The molecule has 0 aromatic carbocycles. The third-order valence-electron chi connectivity index (χ3n) is 2.58. The fourth-order valence-electron chi connectivity index (χ4n) is 1.74. The van der Waals surface area contributed by atoms with Gasteiger partial charge in [-0.1, -0.05) is 0 Å². The molecule has 2 aromatic heterocycles. The average Bonchev–Trinajstić information content (AvgIpc) is 2.93. The van der Waals surface area contributed by atoms with Crippen LogP contribution in [-0.4, -0.2) is 20.5 Å². The highest BCUT2D eigenvalue weighted by Gasteiger charge is 2.24. The molecule has 2 amide bonds. The summed E-state index contributed by atoms with van der Waals surface area (Å²) in [6, 6.07) is 5.54. The number of fused-ring (bicyclic) bond motifs is 1. The van der Waals surface area contributed by atoms with Crippen molar-refractivity contribution in [2.45, 2.75) is 0 Å². The quantitative estimate of drug-likeness (QED) is 0.794. The lowest BCUT2D eigenvalue weighted by Gasteiger charge is -1.98. The first kappa shape index (κ1) is 11.5. The monoisotopic (exact) mass is 270 g/mol.